The van der Waals surface area contributed by atoms with E-state index in [0.29, 0.717) is 5.92 Å². The number of hydrogen-bond acceptors (Lipinski definition) is 4. The van der Waals surface area contributed by atoms with E-state index in [1.165, 1.54) is 17.7 Å². The van der Waals surface area contributed by atoms with Crippen molar-refractivity contribution in [2.75, 3.05) is 13.1 Å². The largest absolute Gasteiger partial charge is 0.299 e. The summed E-state index contributed by atoms with van der Waals surface area (Å²) in [4.78, 5) is 11.4. The molecule has 3 aromatic heterocycles. The monoisotopic (exact) mass is 387 g/mol. The summed E-state index contributed by atoms with van der Waals surface area (Å²) in [7, 11) is 0. The summed E-state index contributed by atoms with van der Waals surface area (Å²) in [5, 5.41) is 4.74. The molecule has 4 heterocycles. The molecule has 0 spiro atoms. The van der Waals surface area contributed by atoms with Crippen molar-refractivity contribution < 1.29 is 4.39 Å². The van der Waals surface area contributed by atoms with Crippen LogP contribution in [0.1, 0.15) is 30.1 Å². The zero-order chi connectivity index (χ0) is 19.6. The first-order valence-electron chi connectivity index (χ1n) is 9.98. The van der Waals surface area contributed by atoms with Crippen LogP contribution in [-0.2, 0) is 6.54 Å². The highest BCUT2D eigenvalue weighted by molar-refractivity contribution is 5.64. The molecule has 5 rings (SSSR count). The van der Waals surface area contributed by atoms with Gasteiger partial charge in [0.2, 0.25) is 0 Å². The van der Waals surface area contributed by atoms with Gasteiger partial charge in [0.15, 0.2) is 11.5 Å². The number of aromatic nitrogens is 4. The Labute approximate surface area is 168 Å². The van der Waals surface area contributed by atoms with E-state index in [0.717, 1.165) is 55.1 Å². The normalized spacial score (nSPS) is 15.8. The third-order valence-corrected chi connectivity index (χ3v) is 5.59. The molecular weight excluding hydrogens is 365 g/mol. The Morgan fingerprint density at radius 2 is 1.90 bits per heavy atom. The van der Waals surface area contributed by atoms with Gasteiger partial charge < -0.3 is 0 Å². The minimum atomic E-state index is -0.236. The number of piperidine rings is 1. The number of hydrogen-bond donors (Lipinski definition) is 0. The van der Waals surface area contributed by atoms with Gasteiger partial charge >= 0.3 is 0 Å². The molecule has 1 aliphatic heterocycles. The van der Waals surface area contributed by atoms with E-state index in [1.54, 1.807) is 6.07 Å². The van der Waals surface area contributed by atoms with E-state index in [4.69, 9.17) is 10.1 Å². The fourth-order valence-electron chi connectivity index (χ4n) is 4.01. The van der Waals surface area contributed by atoms with Gasteiger partial charge in [0.25, 0.3) is 0 Å². The standard InChI is InChI=1S/C23H22FN5/c24-21-5-1-4-19(13-21)20-6-7-22-26-23(27-29(22)16-20)18-8-11-28(12-9-18)15-17-3-2-10-25-14-17/h1-7,10,13-14,16,18H,8-9,11-12,15H2. The number of pyridine rings is 2. The van der Waals surface area contributed by atoms with Crippen LogP contribution in [0.2, 0.25) is 0 Å². The molecule has 0 unspecified atom stereocenters. The van der Waals surface area contributed by atoms with Crippen LogP contribution >= 0.6 is 0 Å². The predicted molar refractivity (Wildman–Crippen MR) is 110 cm³/mol. The van der Waals surface area contributed by atoms with E-state index in [1.807, 2.05) is 47.4 Å². The molecule has 1 saturated heterocycles. The second-order valence-electron chi connectivity index (χ2n) is 7.61. The Kier molecular flexibility index (Phi) is 4.77. The lowest BCUT2D eigenvalue weighted by atomic mass is 9.96. The Hall–Kier alpha value is -3.12. The van der Waals surface area contributed by atoms with Crippen LogP contribution in [0.15, 0.2) is 67.1 Å². The van der Waals surface area contributed by atoms with Gasteiger partial charge in [-0.1, -0.05) is 18.2 Å². The number of benzene rings is 1. The molecule has 5 nitrogen and oxygen atoms in total. The first kappa shape index (κ1) is 17.9. The molecule has 0 N–H and O–H groups in total. The van der Waals surface area contributed by atoms with Crippen molar-refractivity contribution in [3.8, 4) is 11.1 Å². The molecule has 4 aromatic rings. The quantitative estimate of drug-likeness (QED) is 0.524. The van der Waals surface area contributed by atoms with Gasteiger partial charge in [0.05, 0.1) is 0 Å². The van der Waals surface area contributed by atoms with E-state index in [2.05, 4.69) is 16.0 Å². The Morgan fingerprint density at radius 1 is 1.00 bits per heavy atom. The summed E-state index contributed by atoms with van der Waals surface area (Å²) in [6.45, 7) is 3.00. The SMILES string of the molecule is Fc1cccc(-c2ccc3nc(C4CCN(Cc5cccnc5)CC4)nn3c2)c1. The topological polar surface area (TPSA) is 46.3 Å². The second-order valence-corrected chi connectivity index (χ2v) is 7.61. The fraction of sp³-hybridized carbons (Fsp3) is 0.261. The number of fused-ring (bicyclic) bond motifs is 1. The molecule has 146 valence electrons. The van der Waals surface area contributed by atoms with Crippen LogP contribution in [-0.4, -0.2) is 37.6 Å². The van der Waals surface area contributed by atoms with Gasteiger partial charge in [-0.15, -0.1) is 0 Å². The Bertz CT molecular complexity index is 1120. The van der Waals surface area contributed by atoms with Crippen LogP contribution in [0.25, 0.3) is 16.8 Å². The summed E-state index contributed by atoms with van der Waals surface area (Å²) < 4.78 is 15.4. The first-order valence-corrected chi connectivity index (χ1v) is 9.98. The predicted octanol–water partition coefficient (Wildman–Crippen LogP) is 4.31. The maximum atomic E-state index is 13.5. The van der Waals surface area contributed by atoms with Crippen LogP contribution in [0.3, 0.4) is 0 Å². The summed E-state index contributed by atoms with van der Waals surface area (Å²) in [6.07, 6.45) is 7.77. The summed E-state index contributed by atoms with van der Waals surface area (Å²) in [6, 6.07) is 14.7. The van der Waals surface area contributed by atoms with Crippen molar-refractivity contribution >= 4 is 5.65 Å². The van der Waals surface area contributed by atoms with Crippen molar-refractivity contribution in [2.24, 2.45) is 0 Å². The van der Waals surface area contributed by atoms with Crippen molar-refractivity contribution in [3.05, 3.63) is 84.3 Å². The van der Waals surface area contributed by atoms with Gasteiger partial charge in [-0.05, 0) is 67.4 Å². The average Bonchev–Trinajstić information content (AvgIpc) is 3.18. The third-order valence-electron chi connectivity index (χ3n) is 5.59. The van der Waals surface area contributed by atoms with Crippen molar-refractivity contribution in [1.29, 1.82) is 0 Å². The highest BCUT2D eigenvalue weighted by Crippen LogP contribution is 2.27. The third kappa shape index (κ3) is 3.89. The molecule has 0 saturated carbocycles. The van der Waals surface area contributed by atoms with Gasteiger partial charge in [-0.2, -0.15) is 5.10 Å². The minimum absolute atomic E-state index is 0.236. The lowest BCUT2D eigenvalue weighted by molar-refractivity contribution is 0.201. The van der Waals surface area contributed by atoms with E-state index in [9.17, 15) is 4.39 Å². The smallest absolute Gasteiger partial charge is 0.155 e. The Morgan fingerprint density at radius 3 is 2.69 bits per heavy atom. The molecular formula is C23H22FN5. The molecule has 1 aliphatic rings. The van der Waals surface area contributed by atoms with Gasteiger partial charge in [0, 0.05) is 36.6 Å². The maximum absolute atomic E-state index is 13.5. The molecule has 6 heteroatoms. The van der Waals surface area contributed by atoms with E-state index >= 15 is 0 Å². The van der Waals surface area contributed by atoms with E-state index < -0.39 is 0 Å². The molecule has 1 fully saturated rings. The number of halogens is 1. The second kappa shape index (κ2) is 7.72. The lowest BCUT2D eigenvalue weighted by Crippen LogP contribution is -2.32. The zero-order valence-electron chi connectivity index (χ0n) is 16.1. The number of rotatable bonds is 4. The van der Waals surface area contributed by atoms with Gasteiger partial charge in [-0.3, -0.25) is 9.88 Å². The van der Waals surface area contributed by atoms with Crippen LogP contribution in [0, 0.1) is 5.82 Å². The Balaban J connectivity index is 1.30. The summed E-state index contributed by atoms with van der Waals surface area (Å²) in [5.74, 6) is 1.04. The van der Waals surface area contributed by atoms with E-state index in [-0.39, 0.29) is 5.82 Å². The summed E-state index contributed by atoms with van der Waals surface area (Å²) in [5.41, 5.74) is 3.85. The fourth-order valence-corrected chi connectivity index (χ4v) is 4.01. The van der Waals surface area contributed by atoms with Gasteiger partial charge in [0.1, 0.15) is 5.82 Å². The molecule has 1 aromatic carbocycles. The van der Waals surface area contributed by atoms with Crippen molar-refractivity contribution in [3.63, 3.8) is 0 Å². The highest BCUT2D eigenvalue weighted by Gasteiger charge is 2.24. The molecule has 0 radical (unpaired) electrons. The summed E-state index contributed by atoms with van der Waals surface area (Å²) >= 11 is 0. The number of likely N-dealkylation sites (tertiary alicyclic amines) is 1. The van der Waals surface area contributed by atoms with Crippen molar-refractivity contribution in [1.82, 2.24) is 24.5 Å². The van der Waals surface area contributed by atoms with Crippen LogP contribution in [0.5, 0.6) is 0 Å². The molecule has 0 amide bonds. The molecule has 29 heavy (non-hydrogen) atoms. The van der Waals surface area contributed by atoms with Crippen LogP contribution in [0.4, 0.5) is 4.39 Å². The van der Waals surface area contributed by atoms with Crippen LogP contribution < -0.4 is 0 Å². The lowest BCUT2D eigenvalue weighted by Gasteiger charge is -2.30. The number of nitrogens with zero attached hydrogens (tertiary/aromatic N) is 5. The minimum Gasteiger partial charge on any atom is -0.299 e. The maximum Gasteiger partial charge on any atom is 0.155 e. The first-order chi connectivity index (χ1) is 14.2. The zero-order valence-corrected chi connectivity index (χ0v) is 16.1. The van der Waals surface area contributed by atoms with Gasteiger partial charge in [-0.25, -0.2) is 13.9 Å². The molecule has 0 atom stereocenters. The average molecular weight is 387 g/mol. The highest BCUT2D eigenvalue weighted by atomic mass is 19.1. The molecule has 0 bridgehead atoms. The van der Waals surface area contributed by atoms with Crippen molar-refractivity contribution in [2.45, 2.75) is 25.3 Å². The molecule has 0 aliphatic carbocycles.